The topological polar surface area (TPSA) is 88.1 Å². The molecule has 2 N–H and O–H groups in total. The highest BCUT2D eigenvalue weighted by Gasteiger charge is 2.35. The van der Waals surface area contributed by atoms with Gasteiger partial charge in [0.1, 0.15) is 12.4 Å². The summed E-state index contributed by atoms with van der Waals surface area (Å²) in [5.41, 5.74) is 2.77. The summed E-state index contributed by atoms with van der Waals surface area (Å²) in [4.78, 5) is 26.5. The Balaban J connectivity index is 1.82. The summed E-state index contributed by atoms with van der Waals surface area (Å²) in [7, 11) is 0. The third-order valence-electron chi connectivity index (χ3n) is 4.99. The average molecular weight is 348 g/mol. The van der Waals surface area contributed by atoms with Gasteiger partial charge in [-0.1, -0.05) is 6.07 Å². The van der Waals surface area contributed by atoms with Crippen LogP contribution in [0.4, 0.5) is 0 Å². The Hall–Kier alpha value is -2.12. The minimum absolute atomic E-state index is 0.0762. The Labute approximate surface area is 146 Å². The van der Waals surface area contributed by atoms with Gasteiger partial charge in [-0.3, -0.25) is 14.8 Å². The van der Waals surface area contributed by atoms with Crippen LogP contribution in [0.3, 0.4) is 0 Å². The number of nitrogens with one attached hydrogen (secondary N) is 1. The molecule has 2 unspecified atom stereocenters. The Kier molecular flexibility index (Phi) is 5.24. The van der Waals surface area contributed by atoms with Gasteiger partial charge < -0.3 is 14.4 Å². The van der Waals surface area contributed by atoms with Gasteiger partial charge in [-0.25, -0.2) is 5.48 Å². The maximum absolute atomic E-state index is 13.1. The first-order valence-corrected chi connectivity index (χ1v) is 8.63. The Bertz CT molecular complexity index is 663. The van der Waals surface area contributed by atoms with E-state index < -0.39 is 5.91 Å². The summed E-state index contributed by atoms with van der Waals surface area (Å²) in [5, 5.41) is 8.77. The van der Waals surface area contributed by atoms with E-state index >= 15 is 0 Å². The Morgan fingerprint density at radius 3 is 2.84 bits per heavy atom. The lowest BCUT2D eigenvalue weighted by molar-refractivity contribution is -0.147. The quantitative estimate of drug-likeness (QED) is 0.628. The number of amides is 2. The molecule has 2 heterocycles. The SMILES string of the molecule is CC1OCCCC1C(=O)N1Cc2ccc(C(=O)NO)cc2OC[C@@H]1C. The van der Waals surface area contributed by atoms with Gasteiger partial charge in [-0.15, -0.1) is 0 Å². The number of hydroxylamine groups is 1. The van der Waals surface area contributed by atoms with Gasteiger partial charge in [0.15, 0.2) is 0 Å². The molecule has 1 aromatic carbocycles. The number of carbonyl (C=O) groups excluding carboxylic acids is 2. The summed E-state index contributed by atoms with van der Waals surface area (Å²) in [6.07, 6.45) is 1.66. The monoisotopic (exact) mass is 348 g/mol. The zero-order valence-corrected chi connectivity index (χ0v) is 14.5. The molecule has 3 atom stereocenters. The number of nitrogens with zero attached hydrogens (tertiary/aromatic N) is 1. The Morgan fingerprint density at radius 2 is 2.12 bits per heavy atom. The first-order chi connectivity index (χ1) is 12.0. The van der Waals surface area contributed by atoms with E-state index in [-0.39, 0.29) is 24.0 Å². The van der Waals surface area contributed by atoms with E-state index in [0.717, 1.165) is 18.4 Å². The fourth-order valence-electron chi connectivity index (χ4n) is 3.42. The van der Waals surface area contributed by atoms with Crippen molar-refractivity contribution in [2.45, 2.75) is 45.4 Å². The molecule has 0 aromatic heterocycles. The lowest BCUT2D eigenvalue weighted by atomic mass is 9.93. The molecular formula is C18H24N2O5. The highest BCUT2D eigenvalue weighted by atomic mass is 16.5. The van der Waals surface area contributed by atoms with Crippen molar-refractivity contribution in [1.29, 1.82) is 0 Å². The van der Waals surface area contributed by atoms with Gasteiger partial charge in [0.2, 0.25) is 5.91 Å². The van der Waals surface area contributed by atoms with Crippen molar-refractivity contribution in [3.05, 3.63) is 29.3 Å². The lowest BCUT2D eigenvalue weighted by Gasteiger charge is -2.35. The van der Waals surface area contributed by atoms with Crippen molar-refractivity contribution in [2.75, 3.05) is 13.2 Å². The molecule has 2 aliphatic rings. The molecule has 2 amide bonds. The summed E-state index contributed by atoms with van der Waals surface area (Å²) < 4.78 is 11.4. The highest BCUT2D eigenvalue weighted by molar-refractivity contribution is 5.93. The average Bonchev–Trinajstić information content (AvgIpc) is 2.79. The normalized spacial score (nSPS) is 26.2. The van der Waals surface area contributed by atoms with Crippen molar-refractivity contribution in [3.63, 3.8) is 0 Å². The van der Waals surface area contributed by atoms with Crippen LogP contribution in [-0.2, 0) is 16.1 Å². The third kappa shape index (κ3) is 3.62. The molecule has 1 aromatic rings. The number of rotatable bonds is 2. The number of hydrogen-bond acceptors (Lipinski definition) is 5. The molecule has 0 spiro atoms. The summed E-state index contributed by atoms with van der Waals surface area (Å²) in [6.45, 7) is 5.40. The van der Waals surface area contributed by atoms with Crippen LogP contribution < -0.4 is 10.2 Å². The van der Waals surface area contributed by atoms with Gasteiger partial charge in [-0.05, 0) is 38.8 Å². The van der Waals surface area contributed by atoms with Crippen LogP contribution in [-0.4, -0.2) is 47.3 Å². The summed E-state index contributed by atoms with van der Waals surface area (Å²) in [6, 6.07) is 4.88. The van der Waals surface area contributed by atoms with Gasteiger partial charge in [0.05, 0.1) is 18.1 Å². The van der Waals surface area contributed by atoms with Crippen molar-refractivity contribution < 1.29 is 24.3 Å². The standard InChI is InChI=1S/C18H24N2O5/c1-11-10-25-16-8-13(17(21)19-23)5-6-14(16)9-20(11)18(22)15-4-3-7-24-12(15)2/h5-6,8,11-12,15,23H,3-4,7,9-10H2,1-2H3,(H,19,21)/t11-,12?,15?/m0/s1. The fraction of sp³-hybridized carbons (Fsp3) is 0.556. The van der Waals surface area contributed by atoms with Crippen LogP contribution >= 0.6 is 0 Å². The first kappa shape index (κ1) is 17.7. The lowest BCUT2D eigenvalue weighted by Crippen LogP contribution is -2.47. The van der Waals surface area contributed by atoms with E-state index in [1.165, 1.54) is 0 Å². The van der Waals surface area contributed by atoms with Crippen molar-refractivity contribution in [1.82, 2.24) is 10.4 Å². The van der Waals surface area contributed by atoms with E-state index in [0.29, 0.717) is 31.1 Å². The number of benzene rings is 1. The molecule has 2 aliphatic heterocycles. The maximum atomic E-state index is 13.1. The summed E-state index contributed by atoms with van der Waals surface area (Å²) >= 11 is 0. The molecule has 0 saturated carbocycles. The molecule has 0 bridgehead atoms. The molecule has 7 heteroatoms. The van der Waals surface area contributed by atoms with Crippen LogP contribution in [0.1, 0.15) is 42.6 Å². The number of carbonyl (C=O) groups is 2. The van der Waals surface area contributed by atoms with Crippen LogP contribution in [0, 0.1) is 5.92 Å². The molecular weight excluding hydrogens is 324 g/mol. The van der Waals surface area contributed by atoms with Gasteiger partial charge in [0, 0.05) is 24.3 Å². The first-order valence-electron chi connectivity index (χ1n) is 8.63. The van der Waals surface area contributed by atoms with Crippen molar-refractivity contribution in [2.24, 2.45) is 5.92 Å². The summed E-state index contributed by atoms with van der Waals surface area (Å²) in [5.74, 6) is -0.0634. The predicted octanol–water partition coefficient (Wildman–Crippen LogP) is 1.73. The van der Waals surface area contributed by atoms with Gasteiger partial charge >= 0.3 is 0 Å². The van der Waals surface area contributed by atoms with E-state index in [4.69, 9.17) is 14.7 Å². The minimum Gasteiger partial charge on any atom is -0.491 e. The second kappa shape index (κ2) is 7.41. The number of ether oxygens (including phenoxy) is 2. The molecule has 25 heavy (non-hydrogen) atoms. The molecule has 1 fully saturated rings. The smallest absolute Gasteiger partial charge is 0.274 e. The predicted molar refractivity (Wildman–Crippen MR) is 89.3 cm³/mol. The molecule has 1 saturated heterocycles. The fourth-order valence-corrected chi connectivity index (χ4v) is 3.42. The second-order valence-corrected chi connectivity index (χ2v) is 6.71. The third-order valence-corrected chi connectivity index (χ3v) is 4.99. The molecule has 3 rings (SSSR count). The Morgan fingerprint density at radius 1 is 1.32 bits per heavy atom. The highest BCUT2D eigenvalue weighted by Crippen LogP contribution is 2.30. The van der Waals surface area contributed by atoms with Crippen LogP contribution in [0.15, 0.2) is 18.2 Å². The van der Waals surface area contributed by atoms with Gasteiger partial charge in [0.25, 0.3) is 5.91 Å². The molecule has 0 radical (unpaired) electrons. The molecule has 0 aliphatic carbocycles. The zero-order valence-electron chi connectivity index (χ0n) is 14.5. The van der Waals surface area contributed by atoms with Crippen molar-refractivity contribution >= 4 is 11.8 Å². The zero-order chi connectivity index (χ0) is 18.0. The molecule has 7 nitrogen and oxygen atoms in total. The van der Waals surface area contributed by atoms with E-state index in [1.54, 1.807) is 23.7 Å². The van der Waals surface area contributed by atoms with Crippen LogP contribution in [0.5, 0.6) is 5.75 Å². The van der Waals surface area contributed by atoms with E-state index in [1.807, 2.05) is 18.7 Å². The second-order valence-electron chi connectivity index (χ2n) is 6.71. The van der Waals surface area contributed by atoms with Crippen LogP contribution in [0.2, 0.25) is 0 Å². The number of hydrogen-bond donors (Lipinski definition) is 2. The van der Waals surface area contributed by atoms with Gasteiger partial charge in [-0.2, -0.15) is 0 Å². The van der Waals surface area contributed by atoms with E-state index in [2.05, 4.69) is 0 Å². The van der Waals surface area contributed by atoms with Crippen LogP contribution in [0.25, 0.3) is 0 Å². The minimum atomic E-state index is -0.593. The maximum Gasteiger partial charge on any atom is 0.274 e. The largest absolute Gasteiger partial charge is 0.491 e. The van der Waals surface area contributed by atoms with E-state index in [9.17, 15) is 9.59 Å². The number of fused-ring (bicyclic) bond motifs is 1. The molecule has 136 valence electrons. The van der Waals surface area contributed by atoms with Crippen molar-refractivity contribution in [3.8, 4) is 5.75 Å².